The van der Waals surface area contributed by atoms with E-state index in [1.165, 1.54) is 10.8 Å². The summed E-state index contributed by atoms with van der Waals surface area (Å²) in [5.74, 6) is 0. The smallest absolute Gasteiger partial charge is 0.0709 e. The van der Waals surface area contributed by atoms with E-state index in [-0.39, 0.29) is 20.1 Å². The van der Waals surface area contributed by atoms with E-state index in [1.807, 2.05) is 72.8 Å². The molecule has 0 aliphatic heterocycles. The predicted molar refractivity (Wildman–Crippen MR) is 118 cm³/mol. The van der Waals surface area contributed by atoms with Gasteiger partial charge in [-0.1, -0.05) is 61.2 Å². The number of fused-ring (bicyclic) bond motifs is 2. The summed E-state index contributed by atoms with van der Waals surface area (Å²) in [7, 11) is 0. The Labute approximate surface area is 184 Å². The molecule has 0 aliphatic rings. The zero-order valence-corrected chi connectivity index (χ0v) is 18.1. The summed E-state index contributed by atoms with van der Waals surface area (Å²) in [6.45, 7) is 3.68. The van der Waals surface area contributed by atoms with Gasteiger partial charge in [-0.05, 0) is 35.4 Å². The molecule has 0 saturated heterocycles. The van der Waals surface area contributed by atoms with E-state index in [1.54, 1.807) is 6.08 Å². The maximum atomic E-state index is 4.61. The number of para-hydroxylation sites is 2. The molecule has 3 aromatic carbocycles. The van der Waals surface area contributed by atoms with Gasteiger partial charge in [-0.15, -0.1) is 35.9 Å². The molecule has 143 valence electrons. The molecular formula is C26H19IrN2-. The first-order valence-corrected chi connectivity index (χ1v) is 9.14. The maximum absolute atomic E-state index is 4.61. The third kappa shape index (κ3) is 5.03. The summed E-state index contributed by atoms with van der Waals surface area (Å²) in [5, 5.41) is 2.34. The van der Waals surface area contributed by atoms with Gasteiger partial charge in [0.2, 0.25) is 0 Å². The molecule has 29 heavy (non-hydrogen) atoms. The monoisotopic (exact) mass is 552 g/mol. The summed E-state index contributed by atoms with van der Waals surface area (Å²) in [6, 6.07) is 35.4. The van der Waals surface area contributed by atoms with Gasteiger partial charge in [0.15, 0.2) is 0 Å². The Morgan fingerprint density at radius 3 is 1.93 bits per heavy atom. The van der Waals surface area contributed by atoms with E-state index < -0.39 is 0 Å². The summed E-state index contributed by atoms with van der Waals surface area (Å²) in [4.78, 5) is 8.99. The number of hydrogen-bond donors (Lipinski definition) is 0. The Morgan fingerprint density at radius 2 is 1.28 bits per heavy atom. The third-order valence-corrected chi connectivity index (χ3v) is 4.41. The molecular weight excluding hydrogens is 533 g/mol. The van der Waals surface area contributed by atoms with Crippen molar-refractivity contribution in [2.24, 2.45) is 0 Å². The molecule has 0 atom stereocenters. The van der Waals surface area contributed by atoms with Gasteiger partial charge in [0.05, 0.1) is 16.7 Å². The molecule has 2 nitrogen and oxygen atoms in total. The molecule has 3 heteroatoms. The molecule has 2 aromatic heterocycles. The molecule has 0 unspecified atom stereocenters. The molecule has 5 aromatic rings. The van der Waals surface area contributed by atoms with E-state index >= 15 is 0 Å². The first-order valence-electron chi connectivity index (χ1n) is 9.14. The van der Waals surface area contributed by atoms with E-state index in [4.69, 9.17) is 0 Å². The summed E-state index contributed by atoms with van der Waals surface area (Å²) in [5.41, 5.74) is 4.98. The van der Waals surface area contributed by atoms with Crippen molar-refractivity contribution in [3.8, 4) is 11.3 Å². The molecule has 0 bridgehead atoms. The topological polar surface area (TPSA) is 25.8 Å². The molecule has 0 fully saturated rings. The van der Waals surface area contributed by atoms with Gasteiger partial charge in [0, 0.05) is 25.5 Å². The van der Waals surface area contributed by atoms with Gasteiger partial charge in [0.1, 0.15) is 0 Å². The number of hydrogen-bond acceptors (Lipinski definition) is 2. The fraction of sp³-hybridized carbons (Fsp3) is 0. The minimum Gasteiger partial charge on any atom is -0.296 e. The quantitative estimate of drug-likeness (QED) is 0.232. The van der Waals surface area contributed by atoms with Crippen molar-refractivity contribution in [1.82, 2.24) is 9.97 Å². The largest absolute Gasteiger partial charge is 0.296 e. The molecule has 0 spiro atoms. The fourth-order valence-electron chi connectivity index (χ4n) is 2.96. The first kappa shape index (κ1) is 20.6. The molecule has 5 rings (SSSR count). The Hall–Kier alpha value is -3.13. The second kappa shape index (κ2) is 9.88. The van der Waals surface area contributed by atoms with Crippen LogP contribution in [0.5, 0.6) is 0 Å². The minimum atomic E-state index is 0. The van der Waals surface area contributed by atoms with Crippen molar-refractivity contribution >= 4 is 27.9 Å². The van der Waals surface area contributed by atoms with Crippen LogP contribution in [0.3, 0.4) is 0 Å². The number of benzene rings is 3. The van der Waals surface area contributed by atoms with Crippen LogP contribution in [0.15, 0.2) is 104 Å². The van der Waals surface area contributed by atoms with Crippen LogP contribution in [0.1, 0.15) is 5.69 Å². The average Bonchev–Trinajstić information content (AvgIpc) is 2.79. The Bertz CT molecular complexity index is 1230. The number of aromatic nitrogens is 2. The van der Waals surface area contributed by atoms with Crippen LogP contribution in [0.25, 0.3) is 39.1 Å². The van der Waals surface area contributed by atoms with Crippen molar-refractivity contribution in [1.29, 1.82) is 0 Å². The number of rotatable bonds is 2. The molecule has 0 N–H and O–H groups in total. The van der Waals surface area contributed by atoms with Crippen LogP contribution >= 0.6 is 0 Å². The van der Waals surface area contributed by atoms with Gasteiger partial charge in [-0.2, -0.15) is 0 Å². The predicted octanol–water partition coefficient (Wildman–Crippen LogP) is 6.58. The zero-order valence-electron chi connectivity index (χ0n) is 15.7. The Kier molecular flexibility index (Phi) is 7.02. The number of nitrogens with zero attached hydrogens (tertiary/aromatic N) is 2. The van der Waals surface area contributed by atoms with Crippen molar-refractivity contribution in [3.63, 3.8) is 0 Å². The van der Waals surface area contributed by atoms with E-state index in [9.17, 15) is 0 Å². The van der Waals surface area contributed by atoms with E-state index in [2.05, 4.69) is 46.9 Å². The summed E-state index contributed by atoms with van der Waals surface area (Å²) < 4.78 is 0. The summed E-state index contributed by atoms with van der Waals surface area (Å²) >= 11 is 0. The normalized spacial score (nSPS) is 9.93. The van der Waals surface area contributed by atoms with Crippen molar-refractivity contribution in [2.45, 2.75) is 0 Å². The van der Waals surface area contributed by atoms with Gasteiger partial charge < -0.3 is 0 Å². The number of pyridine rings is 2. The van der Waals surface area contributed by atoms with Gasteiger partial charge in [-0.3, -0.25) is 4.98 Å². The molecule has 2 heterocycles. The van der Waals surface area contributed by atoms with Crippen molar-refractivity contribution in [3.05, 3.63) is 115 Å². The minimum absolute atomic E-state index is 0. The van der Waals surface area contributed by atoms with E-state index in [0.29, 0.717) is 0 Å². The third-order valence-electron chi connectivity index (χ3n) is 4.41. The van der Waals surface area contributed by atoms with Crippen LogP contribution in [-0.2, 0) is 20.1 Å². The molecule has 0 saturated carbocycles. The van der Waals surface area contributed by atoms with Crippen LogP contribution in [0.4, 0.5) is 0 Å². The SMILES string of the molecule is C=Cc1ccc2ccccc2n1.[Ir].[c-]1ccccc1-c1ccc2ccccc2n1. The van der Waals surface area contributed by atoms with Crippen molar-refractivity contribution in [2.75, 3.05) is 0 Å². The van der Waals surface area contributed by atoms with Crippen LogP contribution in [-0.4, -0.2) is 9.97 Å². The first-order chi connectivity index (χ1) is 13.8. The van der Waals surface area contributed by atoms with Gasteiger partial charge in [-0.25, -0.2) is 4.98 Å². The second-order valence-corrected chi connectivity index (χ2v) is 6.30. The van der Waals surface area contributed by atoms with Gasteiger partial charge in [0.25, 0.3) is 0 Å². The van der Waals surface area contributed by atoms with Crippen molar-refractivity contribution < 1.29 is 20.1 Å². The average molecular weight is 552 g/mol. The van der Waals surface area contributed by atoms with Crippen LogP contribution in [0.2, 0.25) is 0 Å². The summed E-state index contributed by atoms with van der Waals surface area (Å²) in [6.07, 6.45) is 1.76. The standard InChI is InChI=1S/C15H10N.C11H9N.Ir/c1-2-6-12(7-3-1)15-11-10-13-8-4-5-9-14(13)16-15;1-2-10-8-7-9-5-3-4-6-11(9)12-10;/h1-6,8-11H;2-8H,1H2;/q-1;;. The maximum Gasteiger partial charge on any atom is 0.0709 e. The fourth-order valence-corrected chi connectivity index (χ4v) is 2.96. The van der Waals surface area contributed by atoms with Crippen LogP contribution in [0, 0.1) is 6.07 Å². The molecule has 0 amide bonds. The zero-order chi connectivity index (χ0) is 19.2. The van der Waals surface area contributed by atoms with Crippen LogP contribution < -0.4 is 0 Å². The molecule has 0 aliphatic carbocycles. The molecule has 1 radical (unpaired) electrons. The second-order valence-electron chi connectivity index (χ2n) is 6.30. The van der Waals surface area contributed by atoms with Gasteiger partial charge >= 0.3 is 0 Å². The Morgan fingerprint density at radius 1 is 0.655 bits per heavy atom. The van der Waals surface area contributed by atoms with E-state index in [0.717, 1.165) is 28.0 Å². The Balaban J connectivity index is 0.000000167.